The summed E-state index contributed by atoms with van der Waals surface area (Å²) in [5.41, 5.74) is 0.749. The maximum absolute atomic E-state index is 8.56. The van der Waals surface area contributed by atoms with E-state index in [4.69, 9.17) is 19.3 Å². The van der Waals surface area contributed by atoms with Crippen molar-refractivity contribution in [3.63, 3.8) is 0 Å². The van der Waals surface area contributed by atoms with Crippen LogP contribution < -0.4 is 0 Å². The van der Waals surface area contributed by atoms with Gasteiger partial charge in [0.25, 0.3) is 0 Å². The van der Waals surface area contributed by atoms with Crippen molar-refractivity contribution in [1.82, 2.24) is 0 Å². The molecule has 4 heteroatoms. The van der Waals surface area contributed by atoms with Crippen molar-refractivity contribution in [1.29, 1.82) is 0 Å². The van der Waals surface area contributed by atoms with Gasteiger partial charge in [0, 0.05) is 0 Å². The molecule has 0 aromatic heterocycles. The van der Waals surface area contributed by atoms with E-state index in [2.05, 4.69) is 20.8 Å². The molecule has 2 bridgehead atoms. The Morgan fingerprint density at radius 3 is 2.20 bits per heavy atom. The van der Waals surface area contributed by atoms with Gasteiger partial charge in [-0.15, -0.1) is 0 Å². The summed E-state index contributed by atoms with van der Waals surface area (Å²) in [5, 5.41) is 8.56. The Balaban J connectivity index is 1.59. The van der Waals surface area contributed by atoms with Gasteiger partial charge in [0.05, 0.1) is 45.7 Å². The number of aliphatic hydroxyl groups is 1. The summed E-state index contributed by atoms with van der Waals surface area (Å²) in [6, 6.07) is 0. The summed E-state index contributed by atoms with van der Waals surface area (Å²) in [6.07, 6.45) is 4.27. The summed E-state index contributed by atoms with van der Waals surface area (Å²) in [6.45, 7) is 10.1. The van der Waals surface area contributed by atoms with Crippen molar-refractivity contribution in [2.24, 2.45) is 16.7 Å². The maximum atomic E-state index is 8.56. The Kier molecular flexibility index (Phi) is 5.46. The molecule has 2 aliphatic carbocycles. The highest BCUT2D eigenvalue weighted by molar-refractivity contribution is 5.11. The highest BCUT2D eigenvalue weighted by atomic mass is 16.5. The molecule has 0 unspecified atom stereocenters. The molecule has 20 heavy (non-hydrogen) atoms. The van der Waals surface area contributed by atoms with E-state index in [1.807, 2.05) is 0 Å². The second-order valence-electron chi connectivity index (χ2n) is 6.92. The van der Waals surface area contributed by atoms with Crippen molar-refractivity contribution in [3.05, 3.63) is 0 Å². The van der Waals surface area contributed by atoms with Crippen LogP contribution in [0.4, 0.5) is 0 Å². The molecule has 1 N–H and O–H groups in total. The lowest BCUT2D eigenvalue weighted by Crippen LogP contribution is -2.37. The van der Waals surface area contributed by atoms with Gasteiger partial charge < -0.3 is 19.3 Å². The third kappa shape index (κ3) is 3.03. The van der Waals surface area contributed by atoms with Crippen LogP contribution in [0.15, 0.2) is 0 Å². The normalized spacial score (nSPS) is 34.8. The fourth-order valence-electron chi connectivity index (χ4n) is 4.02. The third-order valence-corrected chi connectivity index (χ3v) is 5.87. The number of fused-ring (bicyclic) bond motifs is 2. The number of hydrogen-bond acceptors (Lipinski definition) is 4. The molecule has 0 amide bonds. The molecule has 3 atom stereocenters. The Hall–Kier alpha value is -0.160. The highest BCUT2D eigenvalue weighted by Gasteiger charge is 2.61. The molecule has 2 saturated carbocycles. The van der Waals surface area contributed by atoms with Gasteiger partial charge in [-0.1, -0.05) is 20.8 Å². The van der Waals surface area contributed by atoms with E-state index in [0.717, 1.165) is 5.92 Å². The van der Waals surface area contributed by atoms with Crippen LogP contribution >= 0.6 is 0 Å². The van der Waals surface area contributed by atoms with Crippen molar-refractivity contribution in [2.75, 3.05) is 39.6 Å². The van der Waals surface area contributed by atoms with E-state index >= 15 is 0 Å². The fraction of sp³-hybridized carbons (Fsp3) is 1.00. The number of aliphatic hydroxyl groups excluding tert-OH is 1. The smallest absolute Gasteiger partial charge is 0.0704 e. The van der Waals surface area contributed by atoms with Crippen LogP contribution in [0.25, 0.3) is 0 Å². The first-order chi connectivity index (χ1) is 9.52. The Labute approximate surface area is 122 Å². The lowest BCUT2D eigenvalue weighted by Gasteiger charge is -2.38. The molecule has 0 radical (unpaired) electrons. The molecule has 0 aromatic carbocycles. The minimum atomic E-state index is 0.0698. The van der Waals surface area contributed by atoms with Crippen molar-refractivity contribution in [2.45, 2.75) is 46.1 Å². The molecule has 2 fully saturated rings. The Bertz CT molecular complexity index is 305. The van der Waals surface area contributed by atoms with Gasteiger partial charge in [0.15, 0.2) is 0 Å². The number of hydrogen-bond donors (Lipinski definition) is 1. The molecule has 0 heterocycles. The molecule has 118 valence electrons. The minimum Gasteiger partial charge on any atom is -0.394 e. The zero-order chi connectivity index (χ0) is 14.6. The van der Waals surface area contributed by atoms with E-state index < -0.39 is 0 Å². The van der Waals surface area contributed by atoms with Gasteiger partial charge >= 0.3 is 0 Å². The fourth-order valence-corrected chi connectivity index (χ4v) is 4.02. The lowest BCUT2D eigenvalue weighted by atomic mass is 9.70. The standard InChI is InChI=1S/C16H30O4/c1-15(2)13-4-5-16(15,3)14(12-13)20-11-10-19-9-8-18-7-6-17/h13-14,17H,4-12H2,1-3H3/t13-,14-,16+/m1/s1. The van der Waals surface area contributed by atoms with Crippen LogP contribution in [-0.2, 0) is 14.2 Å². The summed E-state index contributed by atoms with van der Waals surface area (Å²) in [5.74, 6) is 0.824. The first-order valence-electron chi connectivity index (χ1n) is 7.90. The Morgan fingerprint density at radius 1 is 1.00 bits per heavy atom. The molecular formula is C16H30O4. The monoisotopic (exact) mass is 286 g/mol. The minimum absolute atomic E-state index is 0.0698. The van der Waals surface area contributed by atoms with Gasteiger partial charge in [-0.25, -0.2) is 0 Å². The van der Waals surface area contributed by atoms with E-state index in [1.54, 1.807) is 0 Å². The highest BCUT2D eigenvalue weighted by Crippen LogP contribution is 2.66. The molecule has 0 aromatic rings. The average molecular weight is 286 g/mol. The van der Waals surface area contributed by atoms with E-state index in [9.17, 15) is 0 Å². The predicted octanol–water partition coefficient (Wildman–Crippen LogP) is 2.24. The predicted molar refractivity (Wildman–Crippen MR) is 77.7 cm³/mol. The molecule has 2 aliphatic rings. The Morgan fingerprint density at radius 2 is 1.65 bits per heavy atom. The molecular weight excluding hydrogens is 256 g/mol. The van der Waals surface area contributed by atoms with Gasteiger partial charge in [-0.05, 0) is 36.0 Å². The third-order valence-electron chi connectivity index (χ3n) is 5.87. The number of ether oxygens (including phenoxy) is 3. The summed E-state index contributed by atoms with van der Waals surface area (Å²) in [7, 11) is 0. The van der Waals surface area contributed by atoms with Crippen molar-refractivity contribution < 1.29 is 19.3 Å². The SMILES string of the molecule is CC1(C)[C@@H]2CC[C@@]1(C)[C@H](OCCOCCOCCO)C2. The zero-order valence-electron chi connectivity index (χ0n) is 13.2. The molecule has 2 rings (SSSR count). The lowest BCUT2D eigenvalue weighted by molar-refractivity contribution is -0.0685. The average Bonchev–Trinajstić information content (AvgIpc) is 2.75. The first kappa shape index (κ1) is 16.2. The van der Waals surface area contributed by atoms with Gasteiger partial charge in [-0.3, -0.25) is 0 Å². The molecule has 0 aliphatic heterocycles. The zero-order valence-corrected chi connectivity index (χ0v) is 13.2. The summed E-state index contributed by atoms with van der Waals surface area (Å²) >= 11 is 0. The maximum Gasteiger partial charge on any atom is 0.0704 e. The topological polar surface area (TPSA) is 47.9 Å². The van der Waals surface area contributed by atoms with Crippen LogP contribution in [0.5, 0.6) is 0 Å². The van der Waals surface area contributed by atoms with Crippen LogP contribution in [0.1, 0.15) is 40.0 Å². The largest absolute Gasteiger partial charge is 0.394 e. The van der Waals surface area contributed by atoms with Gasteiger partial charge in [-0.2, -0.15) is 0 Å². The first-order valence-corrected chi connectivity index (χ1v) is 7.90. The van der Waals surface area contributed by atoms with Crippen LogP contribution in [0.2, 0.25) is 0 Å². The number of rotatable bonds is 9. The van der Waals surface area contributed by atoms with Crippen LogP contribution in [-0.4, -0.2) is 50.9 Å². The molecule has 0 saturated heterocycles. The van der Waals surface area contributed by atoms with E-state index in [1.165, 1.54) is 19.3 Å². The quantitative estimate of drug-likeness (QED) is 0.660. The summed E-state index contributed by atoms with van der Waals surface area (Å²) < 4.78 is 16.7. The van der Waals surface area contributed by atoms with Gasteiger partial charge in [0.2, 0.25) is 0 Å². The molecule has 4 nitrogen and oxygen atoms in total. The molecule has 0 spiro atoms. The van der Waals surface area contributed by atoms with E-state index in [-0.39, 0.29) is 6.61 Å². The van der Waals surface area contributed by atoms with Gasteiger partial charge in [0.1, 0.15) is 0 Å². The van der Waals surface area contributed by atoms with Crippen molar-refractivity contribution >= 4 is 0 Å². The van der Waals surface area contributed by atoms with Crippen LogP contribution in [0, 0.1) is 16.7 Å². The van der Waals surface area contributed by atoms with E-state index in [0.29, 0.717) is 50.0 Å². The second kappa shape index (κ2) is 6.73. The van der Waals surface area contributed by atoms with Crippen LogP contribution in [0.3, 0.4) is 0 Å². The van der Waals surface area contributed by atoms with Crippen molar-refractivity contribution in [3.8, 4) is 0 Å². The summed E-state index contributed by atoms with van der Waals surface area (Å²) in [4.78, 5) is 0. The second-order valence-corrected chi connectivity index (χ2v) is 6.92.